The summed E-state index contributed by atoms with van der Waals surface area (Å²) >= 11 is 0. The fourth-order valence-corrected chi connectivity index (χ4v) is 3.57. The molecule has 1 aromatic heterocycles. The van der Waals surface area contributed by atoms with Crippen molar-refractivity contribution in [3.05, 3.63) is 71.9 Å². The van der Waals surface area contributed by atoms with Gasteiger partial charge in [0.05, 0.1) is 0 Å². The number of fused-ring (bicyclic) bond motifs is 1. The van der Waals surface area contributed by atoms with E-state index in [-0.39, 0.29) is 0 Å². The van der Waals surface area contributed by atoms with E-state index in [4.69, 9.17) is 0 Å². The number of benzene rings is 2. The summed E-state index contributed by atoms with van der Waals surface area (Å²) in [6.07, 6.45) is 4.38. The number of nitrogens with zero attached hydrogens (tertiary/aromatic N) is 3. The summed E-state index contributed by atoms with van der Waals surface area (Å²) in [7, 11) is 4.32. The summed E-state index contributed by atoms with van der Waals surface area (Å²) in [6, 6.07) is 21.8. The topological polar surface area (TPSA) is 10.4 Å². The lowest BCUT2D eigenvalue weighted by Gasteiger charge is -2.34. The second-order valence-corrected chi connectivity index (χ2v) is 7.09. The first-order valence-electron chi connectivity index (χ1n) is 9.30. The normalized spacial score (nSPS) is 15.8. The zero-order valence-corrected chi connectivity index (χ0v) is 15.6. The minimum Gasteiger partial charge on any atom is -0.369 e. The van der Waals surface area contributed by atoms with Gasteiger partial charge in [-0.2, -0.15) is 4.57 Å². The van der Waals surface area contributed by atoms with Gasteiger partial charge in [0.2, 0.25) is 11.2 Å². The Hall–Kier alpha value is -2.65. The van der Waals surface area contributed by atoms with Crippen LogP contribution in [0.15, 0.2) is 60.7 Å². The first kappa shape index (κ1) is 16.8. The van der Waals surface area contributed by atoms with Crippen LogP contribution in [-0.2, 0) is 7.05 Å². The molecule has 1 aliphatic rings. The van der Waals surface area contributed by atoms with Crippen LogP contribution >= 0.6 is 0 Å². The van der Waals surface area contributed by atoms with E-state index in [1.54, 1.807) is 0 Å². The summed E-state index contributed by atoms with van der Waals surface area (Å²) < 4.78 is 2.24. The van der Waals surface area contributed by atoms with Gasteiger partial charge in [-0.1, -0.05) is 24.3 Å². The minimum absolute atomic E-state index is 1.11. The van der Waals surface area contributed by atoms with Crippen molar-refractivity contribution >= 4 is 28.7 Å². The van der Waals surface area contributed by atoms with Crippen molar-refractivity contribution in [1.82, 2.24) is 4.90 Å². The van der Waals surface area contributed by atoms with Crippen molar-refractivity contribution < 1.29 is 4.57 Å². The molecule has 1 saturated heterocycles. The van der Waals surface area contributed by atoms with E-state index in [1.165, 1.54) is 27.8 Å². The van der Waals surface area contributed by atoms with E-state index in [0.717, 1.165) is 26.2 Å². The zero-order valence-electron chi connectivity index (χ0n) is 15.6. The van der Waals surface area contributed by atoms with Crippen LogP contribution in [0.1, 0.15) is 11.3 Å². The van der Waals surface area contributed by atoms with Crippen molar-refractivity contribution in [2.45, 2.75) is 0 Å². The smallest absolute Gasteiger partial charge is 0.212 e. The van der Waals surface area contributed by atoms with Gasteiger partial charge in [0.15, 0.2) is 0 Å². The highest BCUT2D eigenvalue weighted by atomic mass is 15.2. The Labute approximate surface area is 155 Å². The molecular formula is C23H26N3+. The fourth-order valence-electron chi connectivity index (χ4n) is 3.57. The number of likely N-dealkylation sites (N-methyl/N-ethyl adjacent to an activating group) is 1. The molecule has 0 saturated carbocycles. The van der Waals surface area contributed by atoms with Crippen molar-refractivity contribution in [1.29, 1.82) is 0 Å². The predicted molar refractivity (Wildman–Crippen MR) is 110 cm³/mol. The van der Waals surface area contributed by atoms with Crippen molar-refractivity contribution in [2.75, 3.05) is 38.1 Å². The van der Waals surface area contributed by atoms with Crippen molar-refractivity contribution in [2.24, 2.45) is 7.05 Å². The van der Waals surface area contributed by atoms with E-state index in [9.17, 15) is 0 Å². The lowest BCUT2D eigenvalue weighted by atomic mass is 10.1. The molecule has 0 atom stereocenters. The number of hydrogen-bond donors (Lipinski definition) is 0. The molecule has 0 bridgehead atoms. The summed E-state index contributed by atoms with van der Waals surface area (Å²) in [4.78, 5) is 4.86. The highest BCUT2D eigenvalue weighted by Gasteiger charge is 2.13. The highest BCUT2D eigenvalue weighted by molar-refractivity contribution is 5.77. The van der Waals surface area contributed by atoms with Crippen LogP contribution in [0.3, 0.4) is 0 Å². The summed E-state index contributed by atoms with van der Waals surface area (Å²) in [6.45, 7) is 4.50. The monoisotopic (exact) mass is 344 g/mol. The standard InChI is InChI=1S/C23H26N3/c1-24-15-17-26(18-16-24)22-12-8-19(9-13-22)7-11-21-14-10-20-5-3-4-6-23(20)25(21)2/h3-14H,15-18H2,1-2H3/q+1. The van der Waals surface area contributed by atoms with Gasteiger partial charge in [-0.15, -0.1) is 0 Å². The Kier molecular flexibility index (Phi) is 4.72. The molecule has 0 N–H and O–H groups in total. The molecule has 0 radical (unpaired) electrons. The maximum absolute atomic E-state index is 2.47. The molecular weight excluding hydrogens is 318 g/mol. The Morgan fingerprint density at radius 1 is 0.808 bits per heavy atom. The summed E-state index contributed by atoms with van der Waals surface area (Å²) in [5, 5.41) is 1.27. The number of aryl methyl sites for hydroxylation is 1. The number of rotatable bonds is 3. The van der Waals surface area contributed by atoms with Crippen LogP contribution in [0, 0.1) is 0 Å². The maximum atomic E-state index is 2.47. The van der Waals surface area contributed by atoms with Crippen LogP contribution < -0.4 is 9.47 Å². The van der Waals surface area contributed by atoms with E-state index >= 15 is 0 Å². The highest BCUT2D eigenvalue weighted by Crippen LogP contribution is 2.18. The Morgan fingerprint density at radius 3 is 2.31 bits per heavy atom. The zero-order chi connectivity index (χ0) is 17.9. The van der Waals surface area contributed by atoms with Gasteiger partial charge in [-0.3, -0.25) is 0 Å². The molecule has 4 rings (SSSR count). The van der Waals surface area contributed by atoms with Crippen LogP contribution in [-0.4, -0.2) is 38.1 Å². The lowest BCUT2D eigenvalue weighted by Crippen LogP contribution is -2.44. The van der Waals surface area contributed by atoms with Gasteiger partial charge >= 0.3 is 0 Å². The molecule has 26 heavy (non-hydrogen) atoms. The van der Waals surface area contributed by atoms with Gasteiger partial charge < -0.3 is 9.80 Å². The molecule has 1 aliphatic heterocycles. The molecule has 3 nitrogen and oxygen atoms in total. The van der Waals surface area contributed by atoms with Gasteiger partial charge in [0.25, 0.3) is 0 Å². The maximum Gasteiger partial charge on any atom is 0.212 e. The quantitative estimate of drug-likeness (QED) is 0.672. The second-order valence-electron chi connectivity index (χ2n) is 7.09. The van der Waals surface area contributed by atoms with Gasteiger partial charge in [-0.25, -0.2) is 0 Å². The molecule has 0 unspecified atom stereocenters. The second kappa shape index (κ2) is 7.30. The van der Waals surface area contributed by atoms with Gasteiger partial charge in [0, 0.05) is 55.5 Å². The van der Waals surface area contributed by atoms with E-state index in [0.29, 0.717) is 0 Å². The van der Waals surface area contributed by atoms with E-state index in [1.807, 2.05) is 0 Å². The van der Waals surface area contributed by atoms with Gasteiger partial charge in [-0.05, 0) is 43.0 Å². The Morgan fingerprint density at radius 2 is 1.54 bits per heavy atom. The summed E-state index contributed by atoms with van der Waals surface area (Å²) in [5.41, 5.74) is 5.01. The Balaban J connectivity index is 1.51. The molecule has 0 amide bonds. The van der Waals surface area contributed by atoms with Crippen LogP contribution in [0.4, 0.5) is 5.69 Å². The molecule has 2 heterocycles. The Bertz CT molecular complexity index is 920. The number of hydrogen-bond acceptors (Lipinski definition) is 2. The largest absolute Gasteiger partial charge is 0.369 e. The number of pyridine rings is 1. The van der Waals surface area contributed by atoms with Crippen molar-refractivity contribution in [3.63, 3.8) is 0 Å². The summed E-state index contributed by atoms with van der Waals surface area (Å²) in [5.74, 6) is 0. The third kappa shape index (κ3) is 3.49. The third-order valence-corrected chi connectivity index (χ3v) is 5.33. The SMILES string of the molecule is CN1CCN(c2ccc(C=Cc3ccc4ccccc4[n+]3C)cc2)CC1. The molecule has 1 fully saturated rings. The molecule has 3 heteroatoms. The van der Waals surface area contributed by atoms with Gasteiger partial charge in [0.1, 0.15) is 7.05 Å². The van der Waals surface area contributed by atoms with Crippen LogP contribution in [0.25, 0.3) is 23.1 Å². The number of aromatic nitrogens is 1. The molecule has 0 aliphatic carbocycles. The first-order valence-corrected chi connectivity index (χ1v) is 9.30. The average molecular weight is 344 g/mol. The average Bonchev–Trinajstić information content (AvgIpc) is 2.69. The fraction of sp³-hybridized carbons (Fsp3) is 0.261. The van der Waals surface area contributed by atoms with Crippen LogP contribution in [0.2, 0.25) is 0 Å². The number of anilines is 1. The lowest BCUT2D eigenvalue weighted by molar-refractivity contribution is -0.646. The van der Waals surface area contributed by atoms with E-state index in [2.05, 4.69) is 101 Å². The van der Waals surface area contributed by atoms with Crippen molar-refractivity contribution in [3.8, 4) is 0 Å². The number of piperazine rings is 1. The van der Waals surface area contributed by atoms with E-state index < -0.39 is 0 Å². The first-order chi connectivity index (χ1) is 12.7. The molecule has 0 spiro atoms. The molecule has 2 aromatic carbocycles. The third-order valence-electron chi connectivity index (χ3n) is 5.33. The predicted octanol–water partition coefficient (Wildman–Crippen LogP) is 3.59. The molecule has 3 aromatic rings. The van der Waals surface area contributed by atoms with Crippen LogP contribution in [0.5, 0.6) is 0 Å². The number of para-hydroxylation sites is 1. The minimum atomic E-state index is 1.11. The molecule has 132 valence electrons.